The van der Waals surface area contributed by atoms with E-state index in [1.807, 2.05) is 0 Å². The predicted molar refractivity (Wildman–Crippen MR) is 111 cm³/mol. The summed E-state index contributed by atoms with van der Waals surface area (Å²) in [6.07, 6.45) is -12.0. The molecule has 208 valence electrons. The van der Waals surface area contributed by atoms with Gasteiger partial charge in [0.1, 0.15) is 46.2 Å². The minimum absolute atomic E-state index is 0.120. The van der Waals surface area contributed by atoms with Crippen molar-refractivity contribution in [3.8, 4) is 0 Å². The number of nitrogens with zero attached hydrogens (tertiary/aromatic N) is 1. The molecule has 6 atom stereocenters. The summed E-state index contributed by atoms with van der Waals surface area (Å²) in [6, 6.07) is 1.03. The standard InChI is InChI=1S/C14H15F4N2O13P3S/c15-6-2-8(14(16,17)18)19-12-4(6)1-5(13(37)20-12)11-10(22)9(21)7(31-11)3-30-35(26,27)33-36(28,29)32-34(23,24)25/h1-2,7,9-11,21-22H,3H2,(H,26,27)(H,28,29)(H,19,20,37)(H2,23,24,25)/t7-,9+,10?,11+/m1/s1. The van der Waals surface area contributed by atoms with Crippen molar-refractivity contribution in [2.75, 3.05) is 6.61 Å². The van der Waals surface area contributed by atoms with E-state index in [2.05, 4.69) is 23.1 Å². The van der Waals surface area contributed by atoms with Crippen LogP contribution in [0.5, 0.6) is 0 Å². The highest BCUT2D eigenvalue weighted by Crippen LogP contribution is 2.66. The van der Waals surface area contributed by atoms with Crippen molar-refractivity contribution in [1.82, 2.24) is 9.97 Å². The first-order valence-corrected chi connectivity index (χ1v) is 14.2. The Kier molecular flexibility index (Phi) is 8.53. The zero-order chi connectivity index (χ0) is 28.1. The lowest BCUT2D eigenvalue weighted by Gasteiger charge is -2.19. The van der Waals surface area contributed by atoms with Crippen LogP contribution in [0.2, 0.25) is 0 Å². The van der Waals surface area contributed by atoms with Crippen LogP contribution in [-0.4, -0.2) is 64.7 Å². The van der Waals surface area contributed by atoms with Gasteiger partial charge in [-0.1, -0.05) is 12.2 Å². The highest BCUT2D eigenvalue weighted by molar-refractivity contribution is 7.71. The summed E-state index contributed by atoms with van der Waals surface area (Å²) < 4.78 is 103. The quantitative estimate of drug-likeness (QED) is 0.127. The first-order chi connectivity index (χ1) is 16.7. The number of rotatable bonds is 8. The number of H-pyrrole nitrogens is 1. The number of pyridine rings is 2. The second-order valence-corrected chi connectivity index (χ2v) is 12.1. The number of aliphatic hydroxyl groups is 2. The molecule has 3 unspecified atom stereocenters. The number of alkyl halides is 3. The highest BCUT2D eigenvalue weighted by atomic mass is 32.1. The lowest BCUT2D eigenvalue weighted by atomic mass is 10.0. The van der Waals surface area contributed by atoms with Crippen molar-refractivity contribution in [2.45, 2.75) is 30.6 Å². The van der Waals surface area contributed by atoms with Crippen molar-refractivity contribution >= 4 is 46.7 Å². The van der Waals surface area contributed by atoms with Crippen molar-refractivity contribution < 1.29 is 78.9 Å². The number of phosphoric ester groups is 1. The average Bonchev–Trinajstić information content (AvgIpc) is 2.96. The SMILES string of the molecule is O=P(O)(O)OP(=O)(O)OP(=O)(O)OC[C@H]1O[C@@H](c2cc3c(F)cc(C(F)(F)F)nc3[nH]c2=S)C(O)[C@H]1O. The summed E-state index contributed by atoms with van der Waals surface area (Å²) in [6.45, 7) is -1.13. The molecule has 0 radical (unpaired) electrons. The maximum absolute atomic E-state index is 14.4. The number of aromatic nitrogens is 2. The lowest BCUT2D eigenvalue weighted by Crippen LogP contribution is -2.33. The Morgan fingerprint density at radius 2 is 1.68 bits per heavy atom. The third kappa shape index (κ3) is 7.46. The van der Waals surface area contributed by atoms with E-state index >= 15 is 0 Å². The molecule has 0 amide bonds. The van der Waals surface area contributed by atoms with Gasteiger partial charge in [0.25, 0.3) is 0 Å². The fraction of sp³-hybridized carbons (Fsp3) is 0.429. The Labute approximate surface area is 207 Å². The Morgan fingerprint density at radius 3 is 2.24 bits per heavy atom. The molecule has 3 heterocycles. The first kappa shape index (κ1) is 30.3. The van der Waals surface area contributed by atoms with Crippen molar-refractivity contribution in [2.24, 2.45) is 0 Å². The Hall–Kier alpha value is -1.21. The van der Waals surface area contributed by atoms with E-state index in [1.165, 1.54) is 0 Å². The topological polar surface area (TPSA) is 238 Å². The number of aromatic amines is 1. The van der Waals surface area contributed by atoms with Crippen LogP contribution in [0.3, 0.4) is 0 Å². The number of phosphoric acid groups is 3. The van der Waals surface area contributed by atoms with Gasteiger partial charge in [-0.25, -0.2) is 23.1 Å². The number of hydrogen-bond donors (Lipinski definition) is 7. The number of hydrogen-bond acceptors (Lipinski definition) is 11. The van der Waals surface area contributed by atoms with E-state index in [0.717, 1.165) is 6.07 Å². The zero-order valence-electron chi connectivity index (χ0n) is 17.4. The summed E-state index contributed by atoms with van der Waals surface area (Å²) in [5.41, 5.74) is -2.36. The maximum atomic E-state index is 14.4. The fourth-order valence-corrected chi connectivity index (χ4v) is 6.43. The van der Waals surface area contributed by atoms with Gasteiger partial charge in [0.2, 0.25) is 0 Å². The van der Waals surface area contributed by atoms with E-state index in [0.29, 0.717) is 0 Å². The molecule has 0 aliphatic carbocycles. The minimum atomic E-state index is -5.82. The van der Waals surface area contributed by atoms with Gasteiger partial charge in [-0.05, 0) is 6.07 Å². The summed E-state index contributed by atoms with van der Waals surface area (Å²) in [5, 5.41) is 20.1. The van der Waals surface area contributed by atoms with Crippen LogP contribution in [-0.2, 0) is 37.8 Å². The first-order valence-electron chi connectivity index (χ1n) is 9.30. The molecule has 2 aromatic rings. The molecule has 1 aliphatic heterocycles. The average molecular weight is 620 g/mol. The maximum Gasteiger partial charge on any atom is 0.490 e. The molecule has 0 spiro atoms. The molecule has 23 heteroatoms. The lowest BCUT2D eigenvalue weighted by molar-refractivity contribution is -0.141. The van der Waals surface area contributed by atoms with Gasteiger partial charge >= 0.3 is 29.6 Å². The van der Waals surface area contributed by atoms with Gasteiger partial charge in [-0.2, -0.15) is 21.8 Å². The molecule has 37 heavy (non-hydrogen) atoms. The molecule has 0 saturated carbocycles. The molecule has 2 aromatic heterocycles. The molecule has 0 bridgehead atoms. The number of aliphatic hydroxyl groups excluding tert-OH is 2. The number of nitrogens with one attached hydrogen (secondary N) is 1. The minimum Gasteiger partial charge on any atom is -0.387 e. The number of halogens is 4. The van der Waals surface area contributed by atoms with Crippen LogP contribution in [0, 0.1) is 10.5 Å². The second-order valence-electron chi connectivity index (χ2n) is 7.27. The number of ether oxygens (including phenoxy) is 1. The second kappa shape index (κ2) is 10.4. The van der Waals surface area contributed by atoms with Crippen molar-refractivity contribution in [3.05, 3.63) is 33.8 Å². The van der Waals surface area contributed by atoms with E-state index in [9.17, 15) is 46.4 Å². The van der Waals surface area contributed by atoms with Gasteiger partial charge in [-0.15, -0.1) is 0 Å². The molecule has 3 rings (SSSR count). The Bertz CT molecular complexity index is 1400. The van der Waals surface area contributed by atoms with Crippen LogP contribution in [0.1, 0.15) is 17.4 Å². The van der Waals surface area contributed by atoms with E-state index in [1.54, 1.807) is 0 Å². The predicted octanol–water partition coefficient (Wildman–Crippen LogP) is 1.96. The molecular weight excluding hydrogens is 605 g/mol. The molecular formula is C14H15F4N2O13P3S. The zero-order valence-corrected chi connectivity index (χ0v) is 20.9. The van der Waals surface area contributed by atoms with E-state index in [4.69, 9.17) is 31.6 Å². The highest BCUT2D eigenvalue weighted by Gasteiger charge is 2.47. The Balaban J connectivity index is 1.80. The molecule has 0 aromatic carbocycles. The third-order valence-electron chi connectivity index (χ3n) is 4.58. The summed E-state index contributed by atoms with van der Waals surface area (Å²) in [5.74, 6) is -1.36. The van der Waals surface area contributed by atoms with Gasteiger partial charge in [0.15, 0.2) is 0 Å². The van der Waals surface area contributed by atoms with Gasteiger partial charge in [-0.3, -0.25) is 4.52 Å². The summed E-state index contributed by atoms with van der Waals surface area (Å²) in [7, 11) is -17.0. The summed E-state index contributed by atoms with van der Waals surface area (Å²) in [4.78, 5) is 41.2. The molecule has 7 N–H and O–H groups in total. The molecule has 15 nitrogen and oxygen atoms in total. The Morgan fingerprint density at radius 1 is 1.05 bits per heavy atom. The van der Waals surface area contributed by atoms with Crippen LogP contribution in [0.15, 0.2) is 12.1 Å². The monoisotopic (exact) mass is 620 g/mol. The van der Waals surface area contributed by atoms with E-state index < -0.39 is 83.2 Å². The van der Waals surface area contributed by atoms with E-state index in [-0.39, 0.29) is 16.3 Å². The van der Waals surface area contributed by atoms with Crippen LogP contribution in [0.4, 0.5) is 17.6 Å². The van der Waals surface area contributed by atoms with Crippen LogP contribution >= 0.6 is 35.7 Å². The largest absolute Gasteiger partial charge is 0.490 e. The summed E-state index contributed by atoms with van der Waals surface area (Å²) >= 11 is 5.01. The number of fused-ring (bicyclic) bond motifs is 1. The third-order valence-corrected chi connectivity index (χ3v) is 8.72. The van der Waals surface area contributed by atoms with Crippen molar-refractivity contribution in [3.63, 3.8) is 0 Å². The fourth-order valence-electron chi connectivity index (χ4n) is 3.13. The van der Waals surface area contributed by atoms with Gasteiger partial charge < -0.3 is 39.5 Å². The molecule has 1 aliphatic rings. The molecule has 1 fully saturated rings. The molecule has 1 saturated heterocycles. The normalized spacial score (nSPS) is 26.2. The van der Waals surface area contributed by atoms with Crippen LogP contribution in [0.25, 0.3) is 11.0 Å². The van der Waals surface area contributed by atoms with Crippen LogP contribution < -0.4 is 0 Å². The van der Waals surface area contributed by atoms with Gasteiger partial charge in [0.05, 0.1) is 12.0 Å². The smallest absolute Gasteiger partial charge is 0.387 e. The van der Waals surface area contributed by atoms with Crippen molar-refractivity contribution in [1.29, 1.82) is 0 Å². The van der Waals surface area contributed by atoms with Gasteiger partial charge in [0, 0.05) is 11.6 Å².